The second-order valence-corrected chi connectivity index (χ2v) is 3.51. The summed E-state index contributed by atoms with van der Waals surface area (Å²) in [6.45, 7) is 0. The maximum absolute atomic E-state index is 11.7. The van der Waals surface area contributed by atoms with E-state index in [1.54, 1.807) is 0 Å². The van der Waals surface area contributed by atoms with Crippen molar-refractivity contribution < 1.29 is 19.4 Å². The first kappa shape index (κ1) is 12.6. The van der Waals surface area contributed by atoms with Crippen molar-refractivity contribution in [2.24, 2.45) is 0 Å². The van der Waals surface area contributed by atoms with E-state index in [1.807, 2.05) is 0 Å². The number of rotatable bonds is 4. The van der Waals surface area contributed by atoms with E-state index < -0.39 is 11.9 Å². The number of aromatic carboxylic acids is 1. The molecule has 0 radical (unpaired) electrons. The van der Waals surface area contributed by atoms with Crippen molar-refractivity contribution in [1.29, 1.82) is 0 Å². The molecule has 98 valence electrons. The topological polar surface area (TPSA) is 117 Å². The maximum atomic E-state index is 11.7. The van der Waals surface area contributed by atoms with Crippen LogP contribution in [0.3, 0.4) is 0 Å². The molecule has 8 heteroatoms. The number of benzene rings is 1. The van der Waals surface area contributed by atoms with Crippen LogP contribution < -0.4 is 10.1 Å². The Morgan fingerprint density at radius 3 is 2.79 bits per heavy atom. The summed E-state index contributed by atoms with van der Waals surface area (Å²) in [5.41, 5.74) is 0.406. The molecule has 0 spiro atoms. The number of carboxylic acid groups (broad SMARTS) is 1. The highest BCUT2D eigenvalue weighted by molar-refractivity contribution is 6.02. The van der Waals surface area contributed by atoms with E-state index in [9.17, 15) is 9.59 Å². The molecule has 8 nitrogen and oxygen atoms in total. The molecule has 1 amide bonds. The molecule has 0 bridgehead atoms. The number of carboxylic acids is 1. The molecule has 19 heavy (non-hydrogen) atoms. The molecule has 0 saturated carbocycles. The molecule has 2 rings (SSSR count). The van der Waals surface area contributed by atoms with E-state index in [1.165, 1.54) is 31.6 Å². The molecule has 0 aliphatic rings. The number of H-pyrrole nitrogens is 1. The fourth-order valence-electron chi connectivity index (χ4n) is 1.45. The Hall–Kier alpha value is -2.90. The molecule has 1 heterocycles. The number of nitrogens with zero attached hydrogens (tertiary/aromatic N) is 2. The maximum Gasteiger partial charge on any atom is 0.339 e. The molecule has 0 aliphatic carbocycles. The highest BCUT2D eigenvalue weighted by atomic mass is 16.5. The number of methoxy groups -OCH3 is 1. The van der Waals surface area contributed by atoms with Crippen molar-refractivity contribution in [3.05, 3.63) is 35.9 Å². The van der Waals surface area contributed by atoms with Gasteiger partial charge in [0.15, 0.2) is 0 Å². The van der Waals surface area contributed by atoms with Crippen molar-refractivity contribution in [3.63, 3.8) is 0 Å². The molecule has 0 aliphatic heterocycles. The normalized spacial score (nSPS) is 9.95. The minimum Gasteiger partial charge on any atom is -0.496 e. The number of anilines is 1. The number of aromatic nitrogens is 3. The van der Waals surface area contributed by atoms with Crippen LogP contribution >= 0.6 is 0 Å². The van der Waals surface area contributed by atoms with Crippen LogP contribution in [-0.2, 0) is 0 Å². The molecule has 0 unspecified atom stereocenters. The fraction of sp³-hybridized carbons (Fsp3) is 0.0909. The average Bonchev–Trinajstić information content (AvgIpc) is 2.92. The molecule has 0 saturated heterocycles. The monoisotopic (exact) mass is 262 g/mol. The molecule has 0 fully saturated rings. The summed E-state index contributed by atoms with van der Waals surface area (Å²) >= 11 is 0. The van der Waals surface area contributed by atoms with Crippen LogP contribution in [0.4, 0.5) is 5.69 Å². The molecule has 1 aromatic carbocycles. The van der Waals surface area contributed by atoms with Gasteiger partial charge in [0.05, 0.1) is 7.11 Å². The molecule has 3 N–H and O–H groups in total. The van der Waals surface area contributed by atoms with Gasteiger partial charge in [-0.3, -0.25) is 9.89 Å². The number of aromatic amines is 1. The molecule has 1 aromatic heterocycles. The lowest BCUT2D eigenvalue weighted by Crippen LogP contribution is -2.14. The van der Waals surface area contributed by atoms with E-state index >= 15 is 0 Å². The average molecular weight is 262 g/mol. The van der Waals surface area contributed by atoms with Crippen LogP contribution in [0.25, 0.3) is 0 Å². The van der Waals surface area contributed by atoms with Gasteiger partial charge in [0, 0.05) is 11.8 Å². The summed E-state index contributed by atoms with van der Waals surface area (Å²) in [6, 6.07) is 4.22. The smallest absolute Gasteiger partial charge is 0.339 e. The van der Waals surface area contributed by atoms with Gasteiger partial charge in [0.25, 0.3) is 5.91 Å². The lowest BCUT2D eigenvalue weighted by Gasteiger charge is -2.08. The Morgan fingerprint density at radius 1 is 1.42 bits per heavy atom. The first-order valence-corrected chi connectivity index (χ1v) is 5.20. The highest BCUT2D eigenvalue weighted by Crippen LogP contribution is 2.23. The summed E-state index contributed by atoms with van der Waals surface area (Å²) < 4.78 is 4.95. The third-order valence-corrected chi connectivity index (χ3v) is 2.32. The molecular formula is C11H10N4O4. The summed E-state index contributed by atoms with van der Waals surface area (Å²) in [6.07, 6.45) is 1.21. The first-order chi connectivity index (χ1) is 9.11. The Bertz CT molecular complexity index is 609. The quantitative estimate of drug-likeness (QED) is 0.748. The second kappa shape index (κ2) is 5.17. The van der Waals surface area contributed by atoms with Gasteiger partial charge in [-0.15, -0.1) is 0 Å². The van der Waals surface area contributed by atoms with Crippen LogP contribution in [0.15, 0.2) is 24.5 Å². The third-order valence-electron chi connectivity index (χ3n) is 2.32. The number of carbonyl (C=O) groups excluding carboxylic acids is 1. The lowest BCUT2D eigenvalue weighted by atomic mass is 10.2. The van der Waals surface area contributed by atoms with Gasteiger partial charge in [-0.25, -0.2) is 9.78 Å². The SMILES string of the molecule is COc1cc(NC(=O)c2ncn[nH]2)ccc1C(=O)O. The van der Waals surface area contributed by atoms with Crippen LogP contribution in [0.1, 0.15) is 21.0 Å². The van der Waals surface area contributed by atoms with Gasteiger partial charge in [0.1, 0.15) is 17.6 Å². The van der Waals surface area contributed by atoms with Gasteiger partial charge >= 0.3 is 5.97 Å². The molecular weight excluding hydrogens is 252 g/mol. The summed E-state index contributed by atoms with van der Waals surface area (Å²) in [5.74, 6) is -1.38. The summed E-state index contributed by atoms with van der Waals surface area (Å²) in [5, 5.41) is 17.4. The van der Waals surface area contributed by atoms with Crippen molar-refractivity contribution >= 4 is 17.6 Å². The van der Waals surface area contributed by atoms with Crippen molar-refractivity contribution in [3.8, 4) is 5.75 Å². The van der Waals surface area contributed by atoms with Crippen molar-refractivity contribution in [2.45, 2.75) is 0 Å². The zero-order valence-corrected chi connectivity index (χ0v) is 9.88. The third kappa shape index (κ3) is 2.68. The van der Waals surface area contributed by atoms with Crippen LogP contribution in [-0.4, -0.2) is 39.3 Å². The van der Waals surface area contributed by atoms with Crippen LogP contribution in [0.2, 0.25) is 0 Å². The number of hydrogen-bond acceptors (Lipinski definition) is 5. The van der Waals surface area contributed by atoms with E-state index in [-0.39, 0.29) is 17.1 Å². The van der Waals surface area contributed by atoms with Gasteiger partial charge in [-0.2, -0.15) is 5.10 Å². The Labute approximate surface area is 107 Å². The summed E-state index contributed by atoms with van der Waals surface area (Å²) in [4.78, 5) is 26.3. The van der Waals surface area contributed by atoms with E-state index in [4.69, 9.17) is 9.84 Å². The van der Waals surface area contributed by atoms with Crippen molar-refractivity contribution in [1.82, 2.24) is 15.2 Å². The minimum atomic E-state index is -1.11. The number of ether oxygens (including phenoxy) is 1. The van der Waals surface area contributed by atoms with E-state index in [0.29, 0.717) is 5.69 Å². The van der Waals surface area contributed by atoms with Crippen LogP contribution in [0, 0.1) is 0 Å². The Morgan fingerprint density at radius 2 is 2.21 bits per heavy atom. The summed E-state index contributed by atoms with van der Waals surface area (Å²) in [7, 11) is 1.35. The number of nitrogens with one attached hydrogen (secondary N) is 2. The van der Waals surface area contributed by atoms with Crippen LogP contribution in [0.5, 0.6) is 5.75 Å². The van der Waals surface area contributed by atoms with Gasteiger partial charge < -0.3 is 15.2 Å². The predicted molar refractivity (Wildman–Crippen MR) is 64.3 cm³/mol. The highest BCUT2D eigenvalue weighted by Gasteiger charge is 2.13. The number of hydrogen-bond donors (Lipinski definition) is 3. The molecule has 2 aromatic rings. The zero-order chi connectivity index (χ0) is 13.8. The molecule has 0 atom stereocenters. The minimum absolute atomic E-state index is 0.0140. The van der Waals surface area contributed by atoms with Gasteiger partial charge in [0.2, 0.25) is 5.82 Å². The lowest BCUT2D eigenvalue weighted by molar-refractivity contribution is 0.0693. The van der Waals surface area contributed by atoms with Gasteiger partial charge in [-0.1, -0.05) is 0 Å². The zero-order valence-electron chi connectivity index (χ0n) is 9.88. The van der Waals surface area contributed by atoms with Gasteiger partial charge in [-0.05, 0) is 12.1 Å². The van der Waals surface area contributed by atoms with Crippen molar-refractivity contribution in [2.75, 3.05) is 12.4 Å². The number of amides is 1. The largest absolute Gasteiger partial charge is 0.496 e. The Kier molecular flexibility index (Phi) is 3.42. The number of carbonyl (C=O) groups is 2. The fourth-order valence-corrected chi connectivity index (χ4v) is 1.45. The van der Waals surface area contributed by atoms with E-state index in [0.717, 1.165) is 0 Å². The first-order valence-electron chi connectivity index (χ1n) is 5.20. The predicted octanol–water partition coefficient (Wildman–Crippen LogP) is 0.764. The standard InChI is InChI=1S/C11H10N4O4/c1-19-8-4-6(2-3-7(8)11(17)18)14-10(16)9-12-5-13-15-9/h2-5H,1H3,(H,14,16)(H,17,18)(H,12,13,15). The second-order valence-electron chi connectivity index (χ2n) is 3.51. The Balaban J connectivity index is 2.22. The van der Waals surface area contributed by atoms with E-state index in [2.05, 4.69) is 20.5 Å².